The van der Waals surface area contributed by atoms with E-state index < -0.39 is 98.4 Å². The largest absolute Gasteiger partial charge is 0.507 e. The lowest BCUT2D eigenvalue weighted by molar-refractivity contribution is -0.144. The number of alkyl halides is 2. The minimum absolute atomic E-state index is 0.0583. The van der Waals surface area contributed by atoms with Crippen LogP contribution in [0.1, 0.15) is 53.9 Å². The number of likely N-dealkylation sites (tertiary alicyclic amines) is 2. The molecule has 3 heterocycles. The van der Waals surface area contributed by atoms with E-state index in [0.717, 1.165) is 5.56 Å². The maximum absolute atomic E-state index is 15.3. The van der Waals surface area contributed by atoms with Gasteiger partial charge in [0.05, 0.1) is 11.8 Å². The lowest BCUT2D eigenvalue weighted by Gasteiger charge is -2.51. The normalized spacial score (nSPS) is 29.8. The molecule has 15 heteroatoms. The fourth-order valence-electron chi connectivity index (χ4n) is 9.66. The number of nitrogens with zero attached hydrogens (tertiary/aromatic N) is 3. The number of rotatable bonds is 5. The van der Waals surface area contributed by atoms with Gasteiger partial charge in [0.1, 0.15) is 11.4 Å². The molecule has 1 saturated carbocycles. The van der Waals surface area contributed by atoms with Gasteiger partial charge in [0.25, 0.3) is 11.8 Å². The van der Waals surface area contributed by atoms with Gasteiger partial charge in [-0.05, 0) is 67.7 Å². The first kappa shape index (κ1) is 37.6. The van der Waals surface area contributed by atoms with Crippen molar-refractivity contribution in [2.45, 2.75) is 67.8 Å². The Morgan fingerprint density at radius 1 is 0.800 bits per heavy atom. The molecule has 3 aromatic rings. The molecule has 2 aliphatic carbocycles. The Balaban J connectivity index is 1.20. The third kappa shape index (κ3) is 5.25. The van der Waals surface area contributed by atoms with Crippen LogP contribution in [0.5, 0.6) is 5.75 Å². The molecule has 1 N–H and O–H groups in total. The van der Waals surface area contributed by atoms with Gasteiger partial charge in [-0.25, -0.2) is 26.9 Å². The molecule has 55 heavy (non-hydrogen) atoms. The predicted octanol–water partition coefficient (Wildman–Crippen LogP) is 6.93. The molecule has 0 bridgehead atoms. The van der Waals surface area contributed by atoms with Gasteiger partial charge in [0, 0.05) is 31.6 Å². The summed E-state index contributed by atoms with van der Waals surface area (Å²) in [5, 5.41) is 10.6. The van der Waals surface area contributed by atoms with Crippen LogP contribution in [0.2, 0.25) is 0 Å². The van der Waals surface area contributed by atoms with E-state index in [-0.39, 0.29) is 28.5 Å². The number of fused-ring (bicyclic) bond motifs is 4. The van der Waals surface area contributed by atoms with Crippen LogP contribution in [0.15, 0.2) is 54.1 Å². The van der Waals surface area contributed by atoms with Gasteiger partial charge in [-0.15, -0.1) is 23.2 Å². The van der Waals surface area contributed by atoms with E-state index in [9.17, 15) is 37.5 Å². The lowest BCUT2D eigenvalue weighted by Crippen LogP contribution is -2.60. The van der Waals surface area contributed by atoms with Crippen molar-refractivity contribution in [3.8, 4) is 5.75 Å². The van der Waals surface area contributed by atoms with Crippen LogP contribution >= 0.6 is 23.2 Å². The Kier molecular flexibility index (Phi) is 8.97. The Bertz CT molecular complexity index is 2180. The number of phenols is 1. The molecule has 5 aliphatic rings. The Hall–Kier alpha value is -4.33. The molecule has 0 spiro atoms. The maximum atomic E-state index is 15.3. The highest BCUT2D eigenvalue weighted by atomic mass is 35.5. The molecule has 288 valence electrons. The number of amides is 4. The average Bonchev–Trinajstić information content (AvgIpc) is 3.50. The SMILES string of the molecule is Cc1cc(C2C3=CCC4C(=O)N(C5CCN(Cc6ccccc6)CC5)C(=O)C4C3CC3(Cl)C(=O)N(c4c(F)c(F)c(F)c(F)c4F)C(=O)C23Cl)cc(C)c1O. The van der Waals surface area contributed by atoms with Crippen LogP contribution in [0.25, 0.3) is 0 Å². The summed E-state index contributed by atoms with van der Waals surface area (Å²) in [6, 6.07) is 12.5. The third-order valence-corrected chi connectivity index (χ3v) is 13.7. The lowest BCUT2D eigenvalue weighted by atomic mass is 9.56. The summed E-state index contributed by atoms with van der Waals surface area (Å²) in [5.74, 6) is -20.5. The van der Waals surface area contributed by atoms with Crippen molar-refractivity contribution >= 4 is 52.5 Å². The van der Waals surface area contributed by atoms with Crippen molar-refractivity contribution in [1.29, 1.82) is 0 Å². The number of piperidine rings is 1. The van der Waals surface area contributed by atoms with Crippen molar-refractivity contribution in [3.05, 3.63) is 105 Å². The summed E-state index contributed by atoms with van der Waals surface area (Å²) >= 11 is 14.5. The smallest absolute Gasteiger partial charge is 0.258 e. The summed E-state index contributed by atoms with van der Waals surface area (Å²) in [6.07, 6.45) is 2.21. The predicted molar refractivity (Wildman–Crippen MR) is 191 cm³/mol. The van der Waals surface area contributed by atoms with Crippen LogP contribution in [-0.2, 0) is 25.7 Å². The van der Waals surface area contributed by atoms with Crippen molar-refractivity contribution in [1.82, 2.24) is 9.80 Å². The molecule has 0 aromatic heterocycles. The fourth-order valence-corrected chi connectivity index (χ4v) is 10.6. The van der Waals surface area contributed by atoms with Crippen LogP contribution in [0.4, 0.5) is 27.6 Å². The van der Waals surface area contributed by atoms with E-state index in [0.29, 0.717) is 49.2 Å². The van der Waals surface area contributed by atoms with Crippen molar-refractivity contribution in [3.63, 3.8) is 0 Å². The number of imide groups is 2. The minimum atomic E-state index is -2.63. The second-order valence-electron chi connectivity index (χ2n) is 15.2. The van der Waals surface area contributed by atoms with E-state index >= 15 is 8.78 Å². The van der Waals surface area contributed by atoms with Crippen molar-refractivity contribution in [2.75, 3.05) is 18.0 Å². The average molecular weight is 803 g/mol. The van der Waals surface area contributed by atoms with Crippen LogP contribution in [0.3, 0.4) is 0 Å². The number of hydrogen-bond acceptors (Lipinski definition) is 6. The highest BCUT2D eigenvalue weighted by molar-refractivity contribution is 6.58. The summed E-state index contributed by atoms with van der Waals surface area (Å²) < 4.78 is 73.9. The minimum Gasteiger partial charge on any atom is -0.507 e. The molecule has 6 unspecified atom stereocenters. The number of anilines is 1. The molecule has 8 nitrogen and oxygen atoms in total. The van der Waals surface area contributed by atoms with Crippen LogP contribution < -0.4 is 4.90 Å². The van der Waals surface area contributed by atoms with Gasteiger partial charge < -0.3 is 5.11 Å². The van der Waals surface area contributed by atoms with Crippen LogP contribution in [-0.4, -0.2) is 67.4 Å². The zero-order chi connectivity index (χ0) is 39.5. The van der Waals surface area contributed by atoms with Gasteiger partial charge >= 0.3 is 0 Å². The third-order valence-electron chi connectivity index (χ3n) is 12.3. The molecule has 4 amide bonds. The molecule has 0 radical (unpaired) electrons. The van der Waals surface area contributed by atoms with E-state index in [1.807, 2.05) is 30.3 Å². The Morgan fingerprint density at radius 3 is 1.98 bits per heavy atom. The van der Waals surface area contributed by atoms with E-state index in [4.69, 9.17) is 23.2 Å². The topological polar surface area (TPSA) is 98.2 Å². The monoisotopic (exact) mass is 801 g/mol. The molecular formula is C40H34Cl2F5N3O5. The summed E-state index contributed by atoms with van der Waals surface area (Å²) in [6.45, 7) is 5.10. The molecule has 3 aliphatic heterocycles. The maximum Gasteiger partial charge on any atom is 0.258 e. The highest BCUT2D eigenvalue weighted by Gasteiger charge is 2.77. The first-order chi connectivity index (χ1) is 26.0. The molecule has 8 rings (SSSR count). The van der Waals surface area contributed by atoms with Crippen molar-refractivity contribution < 1.29 is 46.2 Å². The zero-order valence-corrected chi connectivity index (χ0v) is 31.0. The summed E-state index contributed by atoms with van der Waals surface area (Å²) in [4.78, 5) is 55.8. The number of aryl methyl sites for hydroxylation is 2. The van der Waals surface area contributed by atoms with E-state index in [2.05, 4.69) is 4.90 Å². The number of carbonyl (C=O) groups excluding carboxylic acids is 4. The summed E-state index contributed by atoms with van der Waals surface area (Å²) in [5.41, 5.74) is 0.563. The second kappa shape index (κ2) is 13.1. The number of phenolic OH excluding ortho intramolecular Hbond substituents is 1. The first-order valence-electron chi connectivity index (χ1n) is 17.9. The van der Waals surface area contributed by atoms with Crippen molar-refractivity contribution in [2.24, 2.45) is 17.8 Å². The number of hydrogen-bond donors (Lipinski definition) is 1. The molecule has 4 fully saturated rings. The molecule has 6 atom stereocenters. The van der Waals surface area contributed by atoms with E-state index in [1.54, 1.807) is 19.9 Å². The quantitative estimate of drug-likeness (QED) is 0.0751. The standard InChI is InChI=1S/C40H34Cl2F5N3O5/c1-18-14-21(15-19(2)34(18)51)27-23-8-9-24-26(36(53)49(35(24)52)22-10-12-48(13-11-22)17-20-6-4-3-5-7-20)25(23)16-39(41)37(54)50(38(55)40(27,39)42)33-31(46)29(44)28(43)30(45)32(33)47/h3-8,14-15,22,24-27,51H,9-13,16-17H2,1-2H3. The zero-order valence-electron chi connectivity index (χ0n) is 29.5. The van der Waals surface area contributed by atoms with Crippen LogP contribution in [0, 0.1) is 60.7 Å². The second-order valence-corrected chi connectivity index (χ2v) is 16.5. The summed E-state index contributed by atoms with van der Waals surface area (Å²) in [7, 11) is 0. The number of benzene rings is 3. The van der Waals surface area contributed by atoms with Gasteiger partial charge in [-0.2, -0.15) is 0 Å². The Labute approximate surface area is 322 Å². The number of halogens is 7. The van der Waals surface area contributed by atoms with Gasteiger partial charge in [0.15, 0.2) is 33.0 Å². The number of aromatic hydroxyl groups is 1. The van der Waals surface area contributed by atoms with Gasteiger partial charge in [-0.1, -0.05) is 54.1 Å². The fraction of sp³-hybridized carbons (Fsp3) is 0.400. The first-order valence-corrected chi connectivity index (χ1v) is 18.7. The number of allylic oxidation sites excluding steroid dienone is 2. The van der Waals surface area contributed by atoms with E-state index in [1.165, 1.54) is 17.0 Å². The molecule has 3 saturated heterocycles. The van der Waals surface area contributed by atoms with Gasteiger partial charge in [0.2, 0.25) is 17.6 Å². The highest BCUT2D eigenvalue weighted by Crippen LogP contribution is 2.66. The Morgan fingerprint density at radius 2 is 1.38 bits per heavy atom. The molecule has 3 aromatic carbocycles. The van der Waals surface area contributed by atoms with Gasteiger partial charge in [-0.3, -0.25) is 29.0 Å². The molecular weight excluding hydrogens is 768 g/mol. The number of carbonyl (C=O) groups is 4.